The third kappa shape index (κ3) is 3.42. The number of rotatable bonds is 5. The molecule has 0 aliphatic rings. The molecule has 0 aliphatic heterocycles. The topological polar surface area (TPSA) is 55.8 Å². The van der Waals surface area contributed by atoms with Gasteiger partial charge in [0, 0.05) is 13.2 Å². The van der Waals surface area contributed by atoms with Crippen LogP contribution < -0.4 is 0 Å². The van der Waals surface area contributed by atoms with E-state index in [1.54, 1.807) is 13.8 Å². The van der Waals surface area contributed by atoms with E-state index in [0.29, 0.717) is 13.2 Å². The highest BCUT2D eigenvalue weighted by Gasteiger charge is 2.15. The zero-order valence-corrected chi connectivity index (χ0v) is 6.16. The van der Waals surface area contributed by atoms with Crippen molar-refractivity contribution in [2.75, 3.05) is 13.2 Å². The van der Waals surface area contributed by atoms with E-state index in [2.05, 4.69) is 0 Å². The Morgan fingerprint density at radius 1 is 1.40 bits per heavy atom. The smallest absolute Gasteiger partial charge is 0.361 e. The van der Waals surface area contributed by atoms with Gasteiger partial charge in [-0.2, -0.15) is 0 Å². The SMILES string of the molecule is CCOC(OCC)C(=O)O. The van der Waals surface area contributed by atoms with Crippen LogP contribution in [0.15, 0.2) is 0 Å². The van der Waals surface area contributed by atoms with Crippen molar-refractivity contribution in [2.45, 2.75) is 20.1 Å². The number of hydrogen-bond donors (Lipinski definition) is 1. The summed E-state index contributed by atoms with van der Waals surface area (Å²) < 4.78 is 9.44. The van der Waals surface area contributed by atoms with Gasteiger partial charge in [0.2, 0.25) is 0 Å². The zero-order valence-electron chi connectivity index (χ0n) is 6.16. The van der Waals surface area contributed by atoms with Gasteiger partial charge in [-0.15, -0.1) is 0 Å². The van der Waals surface area contributed by atoms with Crippen molar-refractivity contribution in [3.8, 4) is 0 Å². The predicted molar refractivity (Wildman–Crippen MR) is 34.7 cm³/mol. The standard InChI is InChI=1S/C6H12O4/c1-3-9-6(5(7)8)10-4-2/h6H,3-4H2,1-2H3,(H,7,8). The second-order valence-corrected chi connectivity index (χ2v) is 1.58. The third-order valence-corrected chi connectivity index (χ3v) is 0.838. The first kappa shape index (κ1) is 9.39. The molecule has 0 aromatic carbocycles. The quantitative estimate of drug-likeness (QED) is 0.576. The van der Waals surface area contributed by atoms with Crippen LogP contribution in [0.3, 0.4) is 0 Å². The highest BCUT2D eigenvalue weighted by Crippen LogP contribution is 1.93. The van der Waals surface area contributed by atoms with Gasteiger partial charge in [-0.3, -0.25) is 0 Å². The molecule has 0 aliphatic carbocycles. The van der Waals surface area contributed by atoms with Crippen LogP contribution in [0.2, 0.25) is 0 Å². The Morgan fingerprint density at radius 3 is 2.00 bits per heavy atom. The molecule has 60 valence electrons. The van der Waals surface area contributed by atoms with Gasteiger partial charge < -0.3 is 14.6 Å². The molecule has 0 aromatic heterocycles. The Bertz CT molecular complexity index is 95.9. The molecule has 0 aromatic rings. The Balaban J connectivity index is 3.61. The zero-order chi connectivity index (χ0) is 7.98. The summed E-state index contributed by atoms with van der Waals surface area (Å²) in [7, 11) is 0. The van der Waals surface area contributed by atoms with E-state index < -0.39 is 12.3 Å². The fraction of sp³-hybridized carbons (Fsp3) is 0.833. The average molecular weight is 148 g/mol. The normalized spacial score (nSPS) is 10.3. The van der Waals surface area contributed by atoms with Crippen molar-refractivity contribution in [1.82, 2.24) is 0 Å². The molecule has 0 unspecified atom stereocenters. The molecular weight excluding hydrogens is 136 g/mol. The molecule has 0 radical (unpaired) electrons. The number of carboxylic acid groups (broad SMARTS) is 1. The van der Waals surface area contributed by atoms with Crippen molar-refractivity contribution in [3.63, 3.8) is 0 Å². The molecule has 0 saturated carbocycles. The molecule has 0 amide bonds. The number of hydrogen-bond acceptors (Lipinski definition) is 3. The number of ether oxygens (including phenoxy) is 2. The van der Waals surface area contributed by atoms with E-state index in [0.717, 1.165) is 0 Å². The molecule has 10 heavy (non-hydrogen) atoms. The van der Waals surface area contributed by atoms with Crippen LogP contribution in [0.1, 0.15) is 13.8 Å². The van der Waals surface area contributed by atoms with Crippen molar-refractivity contribution in [3.05, 3.63) is 0 Å². The van der Waals surface area contributed by atoms with E-state index in [9.17, 15) is 4.79 Å². The molecule has 0 fully saturated rings. The Morgan fingerprint density at radius 2 is 1.80 bits per heavy atom. The first-order chi connectivity index (χ1) is 4.72. The third-order valence-electron chi connectivity index (χ3n) is 0.838. The lowest BCUT2D eigenvalue weighted by atomic mass is 10.6. The van der Waals surface area contributed by atoms with Crippen molar-refractivity contribution < 1.29 is 19.4 Å². The monoisotopic (exact) mass is 148 g/mol. The molecule has 1 N–H and O–H groups in total. The molecule has 0 atom stereocenters. The minimum atomic E-state index is -1.10. The van der Waals surface area contributed by atoms with Gasteiger partial charge in [0.1, 0.15) is 0 Å². The molecule has 0 bridgehead atoms. The minimum Gasteiger partial charge on any atom is -0.477 e. The lowest BCUT2D eigenvalue weighted by molar-refractivity contribution is -0.187. The van der Waals surface area contributed by atoms with Gasteiger partial charge in [-0.05, 0) is 13.8 Å². The summed E-state index contributed by atoms with van der Waals surface area (Å²) in [6.45, 7) is 4.12. The molecular formula is C6H12O4. The molecule has 0 heterocycles. The Hall–Kier alpha value is -0.610. The molecule has 4 nitrogen and oxygen atoms in total. The maximum Gasteiger partial charge on any atom is 0.361 e. The van der Waals surface area contributed by atoms with Gasteiger partial charge in [0.15, 0.2) is 0 Å². The molecule has 0 spiro atoms. The summed E-state index contributed by atoms with van der Waals surface area (Å²) in [6.07, 6.45) is -1.10. The van der Waals surface area contributed by atoms with Gasteiger partial charge in [-0.1, -0.05) is 0 Å². The summed E-state index contributed by atoms with van der Waals surface area (Å²) in [5.41, 5.74) is 0. The van der Waals surface area contributed by atoms with Crippen LogP contribution in [-0.2, 0) is 14.3 Å². The van der Waals surface area contributed by atoms with Gasteiger partial charge in [0.05, 0.1) is 0 Å². The van der Waals surface area contributed by atoms with E-state index in [1.165, 1.54) is 0 Å². The van der Waals surface area contributed by atoms with Crippen LogP contribution in [0, 0.1) is 0 Å². The van der Waals surface area contributed by atoms with Gasteiger partial charge in [0.25, 0.3) is 6.29 Å². The maximum absolute atomic E-state index is 10.2. The Labute approximate surface area is 59.7 Å². The second kappa shape index (κ2) is 5.20. The van der Waals surface area contributed by atoms with Crippen LogP contribution in [0.25, 0.3) is 0 Å². The fourth-order valence-electron chi connectivity index (χ4n) is 0.493. The van der Waals surface area contributed by atoms with E-state index in [-0.39, 0.29) is 0 Å². The van der Waals surface area contributed by atoms with Crippen molar-refractivity contribution in [1.29, 1.82) is 0 Å². The Kier molecular flexibility index (Phi) is 4.88. The van der Waals surface area contributed by atoms with Crippen molar-refractivity contribution >= 4 is 5.97 Å². The van der Waals surface area contributed by atoms with E-state index in [1.807, 2.05) is 0 Å². The van der Waals surface area contributed by atoms with Crippen molar-refractivity contribution in [2.24, 2.45) is 0 Å². The average Bonchev–Trinajstić information content (AvgIpc) is 1.87. The second-order valence-electron chi connectivity index (χ2n) is 1.58. The summed E-state index contributed by atoms with van der Waals surface area (Å²) in [5.74, 6) is -1.08. The summed E-state index contributed by atoms with van der Waals surface area (Å²) in [5, 5.41) is 8.39. The van der Waals surface area contributed by atoms with E-state index in [4.69, 9.17) is 14.6 Å². The summed E-state index contributed by atoms with van der Waals surface area (Å²) >= 11 is 0. The van der Waals surface area contributed by atoms with Gasteiger partial charge >= 0.3 is 5.97 Å². The minimum absolute atomic E-state index is 0.344. The van der Waals surface area contributed by atoms with Crippen LogP contribution in [0.5, 0.6) is 0 Å². The first-order valence-electron chi connectivity index (χ1n) is 3.18. The highest BCUT2D eigenvalue weighted by molar-refractivity contribution is 5.70. The lowest BCUT2D eigenvalue weighted by Gasteiger charge is -2.10. The predicted octanol–water partition coefficient (Wildman–Crippen LogP) is 0.470. The van der Waals surface area contributed by atoms with Crippen LogP contribution in [-0.4, -0.2) is 30.6 Å². The molecule has 0 saturated heterocycles. The number of carbonyl (C=O) groups is 1. The van der Waals surface area contributed by atoms with E-state index >= 15 is 0 Å². The highest BCUT2D eigenvalue weighted by atomic mass is 16.7. The maximum atomic E-state index is 10.2. The van der Waals surface area contributed by atoms with Gasteiger partial charge in [-0.25, -0.2) is 4.79 Å². The summed E-state index contributed by atoms with van der Waals surface area (Å²) in [4.78, 5) is 10.2. The molecule has 4 heteroatoms. The lowest BCUT2D eigenvalue weighted by Crippen LogP contribution is -2.26. The number of carboxylic acids is 1. The summed E-state index contributed by atoms with van der Waals surface area (Å²) in [6, 6.07) is 0. The number of aliphatic carboxylic acids is 1. The largest absolute Gasteiger partial charge is 0.477 e. The van der Waals surface area contributed by atoms with Crippen LogP contribution >= 0.6 is 0 Å². The van der Waals surface area contributed by atoms with Crippen LogP contribution in [0.4, 0.5) is 0 Å². The first-order valence-corrected chi connectivity index (χ1v) is 3.18. The molecule has 0 rings (SSSR count). The fourth-order valence-corrected chi connectivity index (χ4v) is 0.493.